The third-order valence-electron chi connectivity index (χ3n) is 7.54. The van der Waals surface area contributed by atoms with Crippen molar-refractivity contribution in [1.82, 2.24) is 5.43 Å². The summed E-state index contributed by atoms with van der Waals surface area (Å²) in [5, 5.41) is 16.1. The van der Waals surface area contributed by atoms with Crippen LogP contribution in [0.1, 0.15) is 22.3 Å². The molecule has 0 amide bonds. The zero-order chi connectivity index (χ0) is 24.8. The van der Waals surface area contributed by atoms with E-state index in [9.17, 15) is 5.26 Å². The number of nitrogens with zero attached hydrogens (tertiary/aromatic N) is 4. The maximum Gasteiger partial charge on any atom is 0.265 e. The van der Waals surface area contributed by atoms with Crippen molar-refractivity contribution < 1.29 is 4.81 Å². The SMILES string of the molecule is Cc1ccc(N2C[C@@H](C#N)[C@]3(c4ccccc4)N[N+](c4ccc(C)cc4)=N[C@]23c2ccccc2)cc1. The molecule has 5 heteroatoms. The van der Waals surface area contributed by atoms with Crippen molar-refractivity contribution in [3.8, 4) is 6.07 Å². The first-order chi connectivity index (χ1) is 17.6. The predicted octanol–water partition coefficient (Wildman–Crippen LogP) is 6.33. The van der Waals surface area contributed by atoms with Gasteiger partial charge in [-0.3, -0.25) is 0 Å². The van der Waals surface area contributed by atoms with E-state index in [2.05, 4.69) is 115 Å². The minimum absolute atomic E-state index is 0.374. The van der Waals surface area contributed by atoms with E-state index < -0.39 is 11.2 Å². The van der Waals surface area contributed by atoms with Gasteiger partial charge in [0.25, 0.3) is 11.4 Å². The van der Waals surface area contributed by atoms with Crippen LogP contribution in [0.3, 0.4) is 0 Å². The van der Waals surface area contributed by atoms with Crippen molar-refractivity contribution in [2.45, 2.75) is 25.0 Å². The van der Waals surface area contributed by atoms with E-state index in [0.29, 0.717) is 6.54 Å². The number of azo groups is 1. The van der Waals surface area contributed by atoms with E-state index in [1.807, 2.05) is 29.1 Å². The van der Waals surface area contributed by atoms with Gasteiger partial charge in [-0.1, -0.05) is 96.1 Å². The van der Waals surface area contributed by atoms with Crippen LogP contribution in [0.4, 0.5) is 11.4 Å². The highest BCUT2D eigenvalue weighted by atomic mass is 15.7. The van der Waals surface area contributed by atoms with Crippen molar-refractivity contribution in [3.63, 3.8) is 0 Å². The number of hydrogen-bond acceptors (Lipinski definition) is 4. The molecule has 1 fully saturated rings. The summed E-state index contributed by atoms with van der Waals surface area (Å²) in [6.07, 6.45) is 0. The molecule has 0 aliphatic carbocycles. The van der Waals surface area contributed by atoms with Crippen LogP contribution in [-0.2, 0) is 11.2 Å². The van der Waals surface area contributed by atoms with Gasteiger partial charge in [0.05, 0.1) is 6.07 Å². The van der Waals surface area contributed by atoms with Crippen LogP contribution >= 0.6 is 0 Å². The van der Waals surface area contributed by atoms with Gasteiger partial charge in [-0.05, 0) is 31.5 Å². The Morgan fingerprint density at radius 1 is 0.806 bits per heavy atom. The van der Waals surface area contributed by atoms with Crippen LogP contribution in [0.25, 0.3) is 0 Å². The summed E-state index contributed by atoms with van der Waals surface area (Å²) in [5.41, 5.74) is 8.48. The van der Waals surface area contributed by atoms with Crippen molar-refractivity contribution in [1.29, 1.82) is 5.26 Å². The summed E-state index contributed by atoms with van der Waals surface area (Å²) in [7, 11) is 0. The molecule has 176 valence electrons. The fourth-order valence-electron chi connectivity index (χ4n) is 5.78. The minimum atomic E-state index is -0.893. The number of hydrogen-bond donors (Lipinski definition) is 1. The Kier molecular flexibility index (Phi) is 5.12. The second-order valence-corrected chi connectivity index (χ2v) is 9.70. The summed E-state index contributed by atoms with van der Waals surface area (Å²) in [5.74, 6) is -0.374. The molecule has 0 spiro atoms. The van der Waals surface area contributed by atoms with E-state index in [1.165, 1.54) is 11.1 Å². The maximum absolute atomic E-state index is 10.6. The molecule has 2 heterocycles. The zero-order valence-electron chi connectivity index (χ0n) is 20.5. The molecule has 0 radical (unpaired) electrons. The molecule has 4 aromatic carbocycles. The minimum Gasteiger partial charge on any atom is -0.335 e. The zero-order valence-corrected chi connectivity index (χ0v) is 20.5. The summed E-state index contributed by atoms with van der Waals surface area (Å²) in [6.45, 7) is 4.71. The first-order valence-corrected chi connectivity index (χ1v) is 12.3. The molecule has 0 saturated carbocycles. The normalized spacial score (nSPS) is 24.5. The van der Waals surface area contributed by atoms with Crippen LogP contribution < -0.4 is 10.3 Å². The van der Waals surface area contributed by atoms with E-state index >= 15 is 0 Å². The average Bonchev–Trinajstić information content (AvgIpc) is 3.42. The van der Waals surface area contributed by atoms with E-state index in [1.54, 1.807) is 0 Å². The van der Waals surface area contributed by atoms with Gasteiger partial charge in [-0.2, -0.15) is 10.7 Å². The molecule has 1 N–H and O–H groups in total. The van der Waals surface area contributed by atoms with Gasteiger partial charge in [0.2, 0.25) is 0 Å². The highest BCUT2D eigenvalue weighted by Crippen LogP contribution is 2.59. The Morgan fingerprint density at radius 2 is 1.36 bits per heavy atom. The van der Waals surface area contributed by atoms with E-state index in [4.69, 9.17) is 5.11 Å². The number of hydrazine groups is 1. The number of benzene rings is 4. The van der Waals surface area contributed by atoms with Crippen LogP contribution in [0.2, 0.25) is 0 Å². The summed E-state index contributed by atoms with van der Waals surface area (Å²) >= 11 is 0. The van der Waals surface area contributed by atoms with Gasteiger partial charge in [0.15, 0.2) is 5.54 Å². The fraction of sp³-hybridized carbons (Fsp3) is 0.194. The molecule has 4 aromatic rings. The molecule has 0 unspecified atom stereocenters. The third kappa shape index (κ3) is 3.08. The lowest BCUT2D eigenvalue weighted by Gasteiger charge is -2.39. The Bertz CT molecular complexity index is 1460. The first kappa shape index (κ1) is 22.1. The van der Waals surface area contributed by atoms with Crippen molar-refractivity contribution in [2.75, 3.05) is 11.4 Å². The van der Waals surface area contributed by atoms with Gasteiger partial charge in [-0.15, -0.1) is 0 Å². The van der Waals surface area contributed by atoms with Crippen LogP contribution in [0.5, 0.6) is 0 Å². The molecule has 5 nitrogen and oxygen atoms in total. The van der Waals surface area contributed by atoms with Crippen LogP contribution in [-0.4, -0.2) is 11.4 Å². The van der Waals surface area contributed by atoms with E-state index in [0.717, 1.165) is 22.5 Å². The molecule has 2 aliphatic heterocycles. The Morgan fingerprint density at radius 3 is 1.94 bits per heavy atom. The lowest BCUT2D eigenvalue weighted by molar-refractivity contribution is -0.570. The van der Waals surface area contributed by atoms with Crippen molar-refractivity contribution in [3.05, 3.63) is 131 Å². The van der Waals surface area contributed by atoms with Crippen LogP contribution in [0, 0.1) is 31.1 Å². The lowest BCUT2D eigenvalue weighted by atomic mass is 9.71. The number of aryl methyl sites for hydroxylation is 2. The van der Waals surface area contributed by atoms with Crippen molar-refractivity contribution >= 4 is 11.4 Å². The smallest absolute Gasteiger partial charge is 0.265 e. The molecular weight excluding hydrogens is 442 g/mol. The molecule has 6 rings (SSSR count). The number of anilines is 1. The maximum atomic E-state index is 10.6. The molecule has 3 atom stereocenters. The van der Waals surface area contributed by atoms with Gasteiger partial charge in [0.1, 0.15) is 5.92 Å². The molecule has 2 aliphatic rings. The molecule has 0 aromatic heterocycles. The molecule has 0 bridgehead atoms. The third-order valence-corrected chi connectivity index (χ3v) is 7.54. The fourth-order valence-corrected chi connectivity index (χ4v) is 5.78. The standard InChI is InChI=1S/C31H28N5/c1-23-13-17-28(18-14-23)35-22-27(21-32)30(25-9-5-3-6-10-25)31(35,26-11-7-4-8-12-26)34-36(33-30)29-19-15-24(2)16-20-29/h3-20,27H,22H2,1-2H3,(H,33,34)/q+1/t27-,30+,31-/m1/s1. The molecular formula is C31H28N5+. The van der Waals surface area contributed by atoms with Gasteiger partial charge in [0, 0.05) is 39.8 Å². The second-order valence-electron chi connectivity index (χ2n) is 9.70. The van der Waals surface area contributed by atoms with Crippen LogP contribution in [0.15, 0.2) is 114 Å². The first-order valence-electron chi connectivity index (χ1n) is 12.3. The second kappa shape index (κ2) is 8.35. The summed E-state index contributed by atoms with van der Waals surface area (Å²) in [6, 6.07) is 40.2. The molecule has 36 heavy (non-hydrogen) atoms. The predicted molar refractivity (Wildman–Crippen MR) is 141 cm³/mol. The van der Waals surface area contributed by atoms with Gasteiger partial charge in [-0.25, -0.2) is 0 Å². The lowest BCUT2D eigenvalue weighted by Crippen LogP contribution is -2.57. The van der Waals surface area contributed by atoms with Crippen molar-refractivity contribution in [2.24, 2.45) is 11.0 Å². The number of rotatable bonds is 4. The highest BCUT2D eigenvalue weighted by Gasteiger charge is 2.75. The number of nitrogens with one attached hydrogen (secondary N) is 1. The number of nitriles is 1. The highest BCUT2D eigenvalue weighted by molar-refractivity contribution is 5.60. The number of fused-ring (bicyclic) bond motifs is 1. The Hall–Kier alpha value is -4.43. The van der Waals surface area contributed by atoms with Gasteiger partial charge < -0.3 is 4.90 Å². The molecule has 1 saturated heterocycles. The summed E-state index contributed by atoms with van der Waals surface area (Å²) in [4.78, 5) is 4.19. The monoisotopic (exact) mass is 470 g/mol. The Labute approximate surface area is 211 Å². The topological polar surface area (TPSA) is 54.4 Å². The Balaban J connectivity index is 1.69. The quantitative estimate of drug-likeness (QED) is 0.355. The largest absolute Gasteiger partial charge is 0.335 e. The van der Waals surface area contributed by atoms with Gasteiger partial charge >= 0.3 is 0 Å². The summed E-state index contributed by atoms with van der Waals surface area (Å²) < 4.78 is 0. The van der Waals surface area contributed by atoms with E-state index in [-0.39, 0.29) is 5.92 Å². The average molecular weight is 471 g/mol.